The lowest BCUT2D eigenvalue weighted by molar-refractivity contribution is -0.146. The fourth-order valence-electron chi connectivity index (χ4n) is 1.57. The van der Waals surface area contributed by atoms with Crippen molar-refractivity contribution in [1.82, 2.24) is 20.2 Å². The van der Waals surface area contributed by atoms with Crippen molar-refractivity contribution in [2.45, 2.75) is 19.4 Å². The second kappa shape index (κ2) is 4.89. The third kappa shape index (κ3) is 2.28. The zero-order valence-corrected chi connectivity index (χ0v) is 12.0. The molecule has 0 atom stereocenters. The summed E-state index contributed by atoms with van der Waals surface area (Å²) in [5.41, 5.74) is -2.03. The van der Waals surface area contributed by atoms with Crippen LogP contribution in [0.2, 0.25) is 0 Å². The molecule has 106 valence electrons. The van der Waals surface area contributed by atoms with Crippen LogP contribution in [0.25, 0.3) is 11.4 Å². The van der Waals surface area contributed by atoms with E-state index in [1.807, 2.05) is 0 Å². The van der Waals surface area contributed by atoms with Crippen molar-refractivity contribution in [2.24, 2.45) is 0 Å². The van der Waals surface area contributed by atoms with Gasteiger partial charge in [-0.1, -0.05) is 15.9 Å². The molecule has 0 amide bonds. The fourth-order valence-corrected chi connectivity index (χ4v) is 1.97. The highest BCUT2D eigenvalue weighted by Gasteiger charge is 2.35. The predicted molar refractivity (Wildman–Crippen MR) is 67.8 cm³/mol. The second-order valence-electron chi connectivity index (χ2n) is 4.52. The molecule has 0 bridgehead atoms. The summed E-state index contributed by atoms with van der Waals surface area (Å²) in [7, 11) is 0. The van der Waals surface area contributed by atoms with E-state index in [2.05, 4.69) is 31.5 Å². The Labute approximate surface area is 120 Å². The molecule has 0 unspecified atom stereocenters. The molecule has 0 fully saturated rings. The van der Waals surface area contributed by atoms with Gasteiger partial charge in [-0.2, -0.15) is 0 Å². The SMILES string of the molecule is CC(C)(C(=O)O)n1nnnc1-c1c(F)cc(Br)cc1F. The Hall–Kier alpha value is -1.90. The molecule has 1 N–H and O–H groups in total. The Bertz CT molecular complexity index is 664. The summed E-state index contributed by atoms with van der Waals surface area (Å²) in [6.07, 6.45) is 0. The van der Waals surface area contributed by atoms with Crippen molar-refractivity contribution in [3.05, 3.63) is 28.2 Å². The van der Waals surface area contributed by atoms with Gasteiger partial charge in [0, 0.05) is 4.47 Å². The highest BCUT2D eigenvalue weighted by molar-refractivity contribution is 9.10. The molecule has 6 nitrogen and oxygen atoms in total. The van der Waals surface area contributed by atoms with Gasteiger partial charge >= 0.3 is 5.97 Å². The van der Waals surface area contributed by atoms with Crippen molar-refractivity contribution < 1.29 is 18.7 Å². The summed E-state index contributed by atoms with van der Waals surface area (Å²) in [5, 5.41) is 19.5. The Balaban J connectivity index is 2.68. The molecular formula is C11H9BrF2N4O2. The van der Waals surface area contributed by atoms with Crippen LogP contribution in [0.5, 0.6) is 0 Å². The minimum absolute atomic E-state index is 0.216. The number of hydrogen-bond donors (Lipinski definition) is 1. The van der Waals surface area contributed by atoms with Crippen LogP contribution in [-0.4, -0.2) is 31.3 Å². The standard InChI is InChI=1S/C11H9BrF2N4O2/c1-11(2,10(19)20)18-9(15-16-17-18)8-6(13)3-5(12)4-7(8)14/h3-4H,1-2H3,(H,19,20). The van der Waals surface area contributed by atoms with Crippen molar-refractivity contribution in [2.75, 3.05) is 0 Å². The third-order valence-electron chi connectivity index (χ3n) is 2.75. The first-order valence-electron chi connectivity index (χ1n) is 5.42. The van der Waals surface area contributed by atoms with Crippen molar-refractivity contribution in [1.29, 1.82) is 0 Å². The molecule has 1 heterocycles. The van der Waals surface area contributed by atoms with Crippen LogP contribution in [0.1, 0.15) is 13.8 Å². The third-order valence-corrected chi connectivity index (χ3v) is 3.21. The van der Waals surface area contributed by atoms with Gasteiger partial charge in [0.1, 0.15) is 11.6 Å². The summed E-state index contributed by atoms with van der Waals surface area (Å²) in [5.74, 6) is -3.31. The Kier molecular flexibility index (Phi) is 3.55. The maximum atomic E-state index is 13.9. The van der Waals surface area contributed by atoms with Crippen LogP contribution in [0.4, 0.5) is 8.78 Å². The van der Waals surface area contributed by atoms with E-state index in [1.165, 1.54) is 13.8 Å². The highest BCUT2D eigenvalue weighted by atomic mass is 79.9. The van der Waals surface area contributed by atoms with E-state index in [0.717, 1.165) is 16.8 Å². The molecule has 9 heteroatoms. The van der Waals surface area contributed by atoms with E-state index in [0.29, 0.717) is 0 Å². The first-order chi connectivity index (χ1) is 9.25. The lowest BCUT2D eigenvalue weighted by Gasteiger charge is -2.20. The summed E-state index contributed by atoms with van der Waals surface area (Å²) in [6, 6.07) is 2.09. The Morgan fingerprint density at radius 1 is 1.35 bits per heavy atom. The molecule has 0 aliphatic rings. The molecule has 0 radical (unpaired) electrons. The van der Waals surface area contributed by atoms with Crippen molar-refractivity contribution in [3.8, 4) is 11.4 Å². The maximum absolute atomic E-state index is 13.9. The molecule has 20 heavy (non-hydrogen) atoms. The number of tetrazole rings is 1. The van der Waals surface area contributed by atoms with Crippen LogP contribution in [-0.2, 0) is 10.3 Å². The van der Waals surface area contributed by atoms with Gasteiger partial charge < -0.3 is 5.11 Å². The monoisotopic (exact) mass is 346 g/mol. The first kappa shape index (κ1) is 14.5. The first-order valence-corrected chi connectivity index (χ1v) is 6.21. The average molecular weight is 347 g/mol. The normalized spacial score (nSPS) is 11.7. The lowest BCUT2D eigenvalue weighted by Crippen LogP contribution is -2.37. The topological polar surface area (TPSA) is 80.9 Å². The van der Waals surface area contributed by atoms with Gasteiger partial charge in [0.05, 0.1) is 5.56 Å². The van der Waals surface area contributed by atoms with Crippen LogP contribution >= 0.6 is 15.9 Å². The van der Waals surface area contributed by atoms with Crippen LogP contribution in [0, 0.1) is 11.6 Å². The van der Waals surface area contributed by atoms with Gasteiger partial charge in [-0.3, -0.25) is 0 Å². The number of hydrogen-bond acceptors (Lipinski definition) is 4. The summed E-state index contributed by atoms with van der Waals surface area (Å²) in [6.45, 7) is 2.65. The number of nitrogens with zero attached hydrogens (tertiary/aromatic N) is 4. The van der Waals surface area contributed by atoms with E-state index in [-0.39, 0.29) is 10.3 Å². The predicted octanol–water partition coefficient (Wildman–Crippen LogP) is 2.20. The van der Waals surface area contributed by atoms with Gasteiger partial charge in [-0.25, -0.2) is 18.3 Å². The summed E-state index contributed by atoms with van der Waals surface area (Å²) >= 11 is 2.96. The van der Waals surface area contributed by atoms with Gasteiger partial charge in [0.15, 0.2) is 11.4 Å². The molecule has 0 aliphatic heterocycles. The number of aromatic nitrogens is 4. The zero-order valence-electron chi connectivity index (χ0n) is 10.4. The minimum Gasteiger partial charge on any atom is -0.479 e. The maximum Gasteiger partial charge on any atom is 0.331 e. The molecule has 1 aromatic heterocycles. The molecule has 2 aromatic rings. The largest absolute Gasteiger partial charge is 0.479 e. The van der Waals surface area contributed by atoms with Gasteiger partial charge in [-0.15, -0.1) is 5.10 Å². The van der Waals surface area contributed by atoms with Gasteiger partial charge in [0.2, 0.25) is 0 Å². The zero-order chi connectivity index (χ0) is 15.1. The van der Waals surface area contributed by atoms with Crippen molar-refractivity contribution in [3.63, 3.8) is 0 Å². The molecular weight excluding hydrogens is 338 g/mol. The van der Waals surface area contributed by atoms with E-state index in [9.17, 15) is 13.6 Å². The Morgan fingerprint density at radius 2 is 1.90 bits per heavy atom. The van der Waals surface area contributed by atoms with Crippen molar-refractivity contribution >= 4 is 21.9 Å². The molecule has 1 aromatic carbocycles. The van der Waals surface area contributed by atoms with E-state index in [4.69, 9.17) is 5.11 Å². The lowest BCUT2D eigenvalue weighted by atomic mass is 10.1. The molecule has 0 aliphatic carbocycles. The number of carboxylic acid groups (broad SMARTS) is 1. The number of halogens is 3. The Morgan fingerprint density at radius 3 is 2.40 bits per heavy atom. The molecule has 2 rings (SSSR count). The summed E-state index contributed by atoms with van der Waals surface area (Å²) < 4.78 is 28.9. The molecule has 0 spiro atoms. The number of aliphatic carboxylic acids is 1. The summed E-state index contributed by atoms with van der Waals surface area (Å²) in [4.78, 5) is 11.2. The smallest absolute Gasteiger partial charge is 0.331 e. The highest BCUT2D eigenvalue weighted by Crippen LogP contribution is 2.29. The van der Waals surface area contributed by atoms with E-state index >= 15 is 0 Å². The second-order valence-corrected chi connectivity index (χ2v) is 5.44. The van der Waals surface area contributed by atoms with E-state index in [1.54, 1.807) is 0 Å². The number of carboxylic acids is 1. The number of benzene rings is 1. The molecule has 0 saturated heterocycles. The average Bonchev–Trinajstić information content (AvgIpc) is 2.76. The van der Waals surface area contributed by atoms with Gasteiger partial charge in [0.25, 0.3) is 0 Å². The molecule has 0 saturated carbocycles. The number of carbonyl (C=O) groups is 1. The van der Waals surface area contributed by atoms with Crippen LogP contribution in [0.3, 0.4) is 0 Å². The fraction of sp³-hybridized carbons (Fsp3) is 0.273. The quantitative estimate of drug-likeness (QED) is 0.921. The van der Waals surface area contributed by atoms with Crippen LogP contribution < -0.4 is 0 Å². The minimum atomic E-state index is -1.55. The van der Waals surface area contributed by atoms with E-state index < -0.39 is 28.7 Å². The van der Waals surface area contributed by atoms with Gasteiger partial charge in [-0.05, 0) is 36.4 Å². The number of rotatable bonds is 3. The van der Waals surface area contributed by atoms with Crippen LogP contribution in [0.15, 0.2) is 16.6 Å².